The van der Waals surface area contributed by atoms with Gasteiger partial charge in [0.1, 0.15) is 0 Å². The van der Waals surface area contributed by atoms with Crippen molar-refractivity contribution in [3.05, 3.63) is 0 Å². The van der Waals surface area contributed by atoms with Crippen molar-refractivity contribution in [1.29, 1.82) is 0 Å². The molecule has 6 atom stereocenters. The minimum Gasteiger partial charge on any atom is -0.390 e. The van der Waals surface area contributed by atoms with E-state index in [2.05, 4.69) is 43.6 Å². The molecule has 3 saturated heterocycles. The van der Waals surface area contributed by atoms with Gasteiger partial charge in [0.05, 0.1) is 29.0 Å². The van der Waals surface area contributed by atoms with E-state index in [0.717, 1.165) is 25.7 Å². The van der Waals surface area contributed by atoms with E-state index in [4.69, 9.17) is 9.47 Å². The van der Waals surface area contributed by atoms with Crippen LogP contribution in [0.15, 0.2) is 0 Å². The number of hydrogen-bond acceptors (Lipinski definition) is 3. The third-order valence-electron chi connectivity index (χ3n) is 5.72. The van der Waals surface area contributed by atoms with Crippen LogP contribution in [0.2, 0.25) is 0 Å². The van der Waals surface area contributed by atoms with Gasteiger partial charge >= 0.3 is 0 Å². The zero-order valence-electron chi connectivity index (χ0n) is 12.3. The number of ether oxygens (including phenoxy) is 2. The van der Waals surface area contributed by atoms with Crippen LogP contribution in [0.1, 0.15) is 53.4 Å². The van der Waals surface area contributed by atoms with Gasteiger partial charge in [-0.2, -0.15) is 0 Å². The minimum absolute atomic E-state index is 0.0690. The lowest BCUT2D eigenvalue weighted by atomic mass is 9.70. The van der Waals surface area contributed by atoms with Crippen molar-refractivity contribution >= 4 is 15.9 Å². The Kier molecular flexibility index (Phi) is 3.15. The Labute approximate surface area is 124 Å². The van der Waals surface area contributed by atoms with Crippen molar-refractivity contribution in [3.63, 3.8) is 0 Å². The highest BCUT2D eigenvalue weighted by Gasteiger charge is 2.60. The van der Waals surface area contributed by atoms with Gasteiger partial charge in [-0.05, 0) is 59.3 Å². The molecule has 4 aliphatic rings. The third kappa shape index (κ3) is 2.02. The molecular weight excluding hydrogens is 308 g/mol. The zero-order valence-corrected chi connectivity index (χ0v) is 13.9. The lowest BCUT2D eigenvalue weighted by Crippen LogP contribution is -2.60. The fraction of sp³-hybridized carbons (Fsp3) is 1.00. The fourth-order valence-electron chi connectivity index (χ4n) is 4.16. The van der Waals surface area contributed by atoms with Crippen LogP contribution < -0.4 is 0 Å². The van der Waals surface area contributed by atoms with Gasteiger partial charge in [-0.3, -0.25) is 0 Å². The predicted octanol–water partition coefficient (Wildman–Crippen LogP) is 3.03. The molecule has 4 heteroatoms. The van der Waals surface area contributed by atoms with Crippen LogP contribution in [-0.2, 0) is 9.47 Å². The molecule has 19 heavy (non-hydrogen) atoms. The number of halogens is 1. The Morgan fingerprint density at radius 3 is 2.47 bits per heavy atom. The lowest BCUT2D eigenvalue weighted by molar-refractivity contribution is -0.248. The molecule has 0 aromatic heterocycles. The Bertz CT molecular complexity index is 386. The summed E-state index contributed by atoms with van der Waals surface area (Å²) in [7, 11) is 0. The van der Waals surface area contributed by atoms with Crippen LogP contribution in [-0.4, -0.2) is 38.9 Å². The molecule has 110 valence electrons. The second-order valence-electron chi connectivity index (χ2n) is 7.50. The van der Waals surface area contributed by atoms with E-state index < -0.39 is 5.60 Å². The van der Waals surface area contributed by atoms with Gasteiger partial charge in [0.25, 0.3) is 0 Å². The topological polar surface area (TPSA) is 38.7 Å². The highest BCUT2D eigenvalue weighted by molar-refractivity contribution is 9.09. The fourth-order valence-corrected chi connectivity index (χ4v) is 4.59. The Balaban J connectivity index is 1.99. The molecule has 4 fully saturated rings. The first-order valence-electron chi connectivity index (χ1n) is 7.37. The molecule has 3 heterocycles. The van der Waals surface area contributed by atoms with Crippen LogP contribution in [0.5, 0.6) is 0 Å². The van der Waals surface area contributed by atoms with Gasteiger partial charge in [0.2, 0.25) is 0 Å². The number of rotatable bonds is 0. The first kappa shape index (κ1) is 14.3. The first-order chi connectivity index (χ1) is 8.67. The maximum absolute atomic E-state index is 10.4. The Hall–Kier alpha value is 0.360. The largest absolute Gasteiger partial charge is 0.390 e. The van der Waals surface area contributed by atoms with Crippen molar-refractivity contribution in [1.82, 2.24) is 0 Å². The standard InChI is InChI=1S/C15H25BrO3/c1-13(2)10(16)8-12-15(4,19-13)9-5-6-14(3,18-12)11(17)7-9/h9-12,17H,5-8H2,1-4H3/t9-,10+,11+,12-,14+,15+/m1/s1. The molecule has 4 rings (SSSR count). The van der Waals surface area contributed by atoms with Crippen LogP contribution in [0.25, 0.3) is 0 Å². The second-order valence-corrected chi connectivity index (χ2v) is 8.60. The Morgan fingerprint density at radius 1 is 1.16 bits per heavy atom. The number of aliphatic hydroxyl groups is 1. The van der Waals surface area contributed by atoms with E-state index in [9.17, 15) is 5.11 Å². The van der Waals surface area contributed by atoms with E-state index in [1.807, 2.05) is 0 Å². The maximum atomic E-state index is 10.4. The molecule has 1 N–H and O–H groups in total. The van der Waals surface area contributed by atoms with E-state index in [-0.39, 0.29) is 28.2 Å². The van der Waals surface area contributed by atoms with E-state index in [1.54, 1.807) is 0 Å². The number of fused-ring (bicyclic) bond motifs is 2. The number of hydrogen-bond donors (Lipinski definition) is 1. The quantitative estimate of drug-likeness (QED) is 0.693. The summed E-state index contributed by atoms with van der Waals surface area (Å²) in [5.41, 5.74) is -0.859. The molecule has 0 unspecified atom stereocenters. The van der Waals surface area contributed by atoms with Crippen molar-refractivity contribution in [2.24, 2.45) is 5.92 Å². The number of aliphatic hydroxyl groups excluding tert-OH is 1. The van der Waals surface area contributed by atoms with Gasteiger partial charge < -0.3 is 14.6 Å². The van der Waals surface area contributed by atoms with Crippen LogP contribution >= 0.6 is 15.9 Å². The van der Waals surface area contributed by atoms with Gasteiger partial charge in [-0.25, -0.2) is 0 Å². The summed E-state index contributed by atoms with van der Waals surface area (Å²) in [6.07, 6.45) is 3.47. The zero-order chi connectivity index (χ0) is 14.1. The molecule has 0 spiro atoms. The Morgan fingerprint density at radius 2 is 1.84 bits per heavy atom. The van der Waals surface area contributed by atoms with Crippen LogP contribution in [0.3, 0.4) is 0 Å². The summed E-state index contributed by atoms with van der Waals surface area (Å²) in [5.74, 6) is 0.391. The summed E-state index contributed by atoms with van der Waals surface area (Å²) in [6, 6.07) is 0. The van der Waals surface area contributed by atoms with Crippen molar-refractivity contribution in [3.8, 4) is 0 Å². The van der Waals surface area contributed by atoms with E-state index >= 15 is 0 Å². The molecule has 1 saturated carbocycles. The monoisotopic (exact) mass is 332 g/mol. The predicted molar refractivity (Wildman–Crippen MR) is 77.5 cm³/mol. The van der Waals surface area contributed by atoms with Gasteiger partial charge in [-0.15, -0.1) is 0 Å². The minimum atomic E-state index is -0.392. The highest BCUT2D eigenvalue weighted by atomic mass is 79.9. The van der Waals surface area contributed by atoms with Gasteiger partial charge in [0, 0.05) is 4.83 Å². The molecule has 2 bridgehead atoms. The van der Waals surface area contributed by atoms with Crippen molar-refractivity contribution in [2.45, 2.75) is 87.2 Å². The smallest absolute Gasteiger partial charge is 0.0952 e. The molecule has 3 nitrogen and oxygen atoms in total. The summed E-state index contributed by atoms with van der Waals surface area (Å²) >= 11 is 3.75. The lowest BCUT2D eigenvalue weighted by Gasteiger charge is -2.52. The second kappa shape index (κ2) is 4.19. The summed E-state index contributed by atoms with van der Waals surface area (Å²) in [6.45, 7) is 8.53. The SMILES string of the molecule is CC1(C)O[C@@]2(C)[C@@H]3CC[C@](C)(O[C@@H]2C[C@@H]1Br)[C@@H](O)C3. The summed E-state index contributed by atoms with van der Waals surface area (Å²) in [5, 5.41) is 10.4. The molecule has 1 aliphatic carbocycles. The third-order valence-corrected chi connectivity index (χ3v) is 7.20. The number of alkyl halides is 1. The normalized spacial score (nSPS) is 56.5. The highest BCUT2D eigenvalue weighted by Crippen LogP contribution is 2.54. The van der Waals surface area contributed by atoms with Crippen LogP contribution in [0, 0.1) is 5.92 Å². The van der Waals surface area contributed by atoms with E-state index in [0.29, 0.717) is 5.92 Å². The van der Waals surface area contributed by atoms with Gasteiger partial charge in [-0.1, -0.05) is 15.9 Å². The molecule has 0 amide bonds. The van der Waals surface area contributed by atoms with Gasteiger partial charge in [0.15, 0.2) is 0 Å². The molecule has 3 aliphatic heterocycles. The summed E-state index contributed by atoms with van der Waals surface area (Å²) < 4.78 is 12.9. The van der Waals surface area contributed by atoms with Crippen molar-refractivity contribution < 1.29 is 14.6 Å². The molecule has 0 radical (unpaired) electrons. The first-order valence-corrected chi connectivity index (χ1v) is 8.29. The summed E-state index contributed by atoms with van der Waals surface area (Å²) in [4.78, 5) is 0.288. The maximum Gasteiger partial charge on any atom is 0.0952 e. The molecule has 0 aromatic carbocycles. The average Bonchev–Trinajstić information content (AvgIpc) is 2.42. The average molecular weight is 333 g/mol. The molecular formula is C15H25BrO3. The molecule has 0 aromatic rings. The van der Waals surface area contributed by atoms with E-state index in [1.165, 1.54) is 0 Å². The van der Waals surface area contributed by atoms with Crippen LogP contribution in [0.4, 0.5) is 0 Å². The van der Waals surface area contributed by atoms with Crippen molar-refractivity contribution in [2.75, 3.05) is 0 Å².